The molecule has 0 aliphatic rings. The first-order valence-corrected chi connectivity index (χ1v) is 6.95. The van der Waals surface area contributed by atoms with E-state index in [1.807, 2.05) is 0 Å². The molecule has 3 N–H and O–H groups in total. The molecule has 1 rings (SSSR count). The molecule has 0 aliphatic heterocycles. The highest BCUT2D eigenvalue weighted by Gasteiger charge is 2.13. The Labute approximate surface area is 111 Å². The van der Waals surface area contributed by atoms with Gasteiger partial charge in [0.2, 0.25) is 10.0 Å². The molecule has 100 valence electrons. The van der Waals surface area contributed by atoms with Crippen LogP contribution in [0.1, 0.15) is 0 Å². The Kier molecular flexibility index (Phi) is 4.74. The van der Waals surface area contributed by atoms with Crippen LogP contribution in [0.2, 0.25) is 0 Å². The molecule has 1 aromatic rings. The molecule has 8 heteroatoms. The molecule has 0 fully saturated rings. The summed E-state index contributed by atoms with van der Waals surface area (Å²) in [6.07, 6.45) is 0. The van der Waals surface area contributed by atoms with Crippen LogP contribution in [0.5, 0.6) is 11.5 Å². The fourth-order valence-electron chi connectivity index (χ4n) is 1.30. The molecule has 0 atom stereocenters. The van der Waals surface area contributed by atoms with Crippen molar-refractivity contribution in [3.63, 3.8) is 0 Å². The van der Waals surface area contributed by atoms with Gasteiger partial charge in [-0.1, -0.05) is 12.2 Å². The number of sulfonamides is 1. The van der Waals surface area contributed by atoms with Gasteiger partial charge in [0.1, 0.15) is 5.75 Å². The van der Waals surface area contributed by atoms with Gasteiger partial charge in [-0.15, -0.1) is 0 Å². The number of anilines is 1. The predicted octanol–water partition coefficient (Wildman–Crippen LogP) is 0.732. The lowest BCUT2D eigenvalue weighted by Gasteiger charge is -2.11. The van der Waals surface area contributed by atoms with Gasteiger partial charge in [-0.05, 0) is 12.1 Å². The molecule has 6 nitrogen and oxygen atoms in total. The maximum Gasteiger partial charge on any atom is 0.239 e. The number of hydrogen-bond acceptors (Lipinski definition) is 5. The molecular weight excluding hydrogens is 276 g/mol. The van der Waals surface area contributed by atoms with Crippen molar-refractivity contribution in [2.24, 2.45) is 5.73 Å². The van der Waals surface area contributed by atoms with Crippen molar-refractivity contribution < 1.29 is 17.9 Å². The van der Waals surface area contributed by atoms with E-state index in [0.717, 1.165) is 0 Å². The summed E-state index contributed by atoms with van der Waals surface area (Å²) in [7, 11) is -0.633. The van der Waals surface area contributed by atoms with E-state index in [0.29, 0.717) is 17.2 Å². The van der Waals surface area contributed by atoms with Crippen LogP contribution in [0.3, 0.4) is 0 Å². The van der Waals surface area contributed by atoms with Gasteiger partial charge in [-0.2, -0.15) is 0 Å². The van der Waals surface area contributed by atoms with Gasteiger partial charge in [0.25, 0.3) is 0 Å². The van der Waals surface area contributed by atoms with E-state index >= 15 is 0 Å². The molecule has 0 bridgehead atoms. The van der Waals surface area contributed by atoms with Crippen LogP contribution in [0.15, 0.2) is 18.2 Å². The maximum atomic E-state index is 11.6. The molecule has 0 unspecified atom stereocenters. The van der Waals surface area contributed by atoms with Crippen molar-refractivity contribution in [2.45, 2.75) is 0 Å². The molecule has 0 aliphatic carbocycles. The normalized spacial score (nSPS) is 10.8. The van der Waals surface area contributed by atoms with Crippen molar-refractivity contribution in [1.29, 1.82) is 0 Å². The molecule has 18 heavy (non-hydrogen) atoms. The lowest BCUT2D eigenvalue weighted by molar-refractivity contribution is 0.355. The summed E-state index contributed by atoms with van der Waals surface area (Å²) in [5.74, 6) is 0.527. The van der Waals surface area contributed by atoms with Crippen molar-refractivity contribution >= 4 is 32.9 Å². The van der Waals surface area contributed by atoms with Crippen molar-refractivity contribution in [2.75, 3.05) is 24.7 Å². The van der Waals surface area contributed by atoms with E-state index in [9.17, 15) is 8.42 Å². The highest BCUT2D eigenvalue weighted by molar-refractivity contribution is 7.95. The zero-order valence-corrected chi connectivity index (χ0v) is 11.6. The lowest BCUT2D eigenvalue weighted by Crippen LogP contribution is -2.26. The van der Waals surface area contributed by atoms with E-state index in [4.69, 9.17) is 15.2 Å². The van der Waals surface area contributed by atoms with Gasteiger partial charge < -0.3 is 15.2 Å². The SMILES string of the molecule is COc1ccc(NS(=O)(=O)CC(N)=S)cc1OC. The third-order valence-electron chi connectivity index (χ3n) is 1.99. The number of ether oxygens (including phenoxy) is 2. The van der Waals surface area contributed by atoms with Crippen molar-refractivity contribution in [1.82, 2.24) is 0 Å². The van der Waals surface area contributed by atoms with Crippen LogP contribution >= 0.6 is 12.2 Å². The van der Waals surface area contributed by atoms with Crippen molar-refractivity contribution in [3.8, 4) is 11.5 Å². The number of thiocarbonyl (C=S) groups is 1. The highest BCUT2D eigenvalue weighted by atomic mass is 32.2. The fraction of sp³-hybridized carbons (Fsp3) is 0.300. The minimum absolute atomic E-state index is 0.0945. The molecule has 0 radical (unpaired) electrons. The third kappa shape index (κ3) is 4.04. The Morgan fingerprint density at radius 2 is 1.94 bits per heavy atom. The van der Waals surface area contributed by atoms with Gasteiger partial charge in [0.15, 0.2) is 11.5 Å². The van der Waals surface area contributed by atoms with Crippen LogP contribution in [-0.2, 0) is 10.0 Å². The van der Waals surface area contributed by atoms with Gasteiger partial charge in [0, 0.05) is 6.07 Å². The number of nitrogens with one attached hydrogen (secondary N) is 1. The maximum absolute atomic E-state index is 11.6. The average molecular weight is 290 g/mol. The van der Waals surface area contributed by atoms with E-state index in [2.05, 4.69) is 16.9 Å². The molecule has 0 spiro atoms. The first-order valence-electron chi connectivity index (χ1n) is 4.89. The van der Waals surface area contributed by atoms with Crippen LogP contribution in [0.25, 0.3) is 0 Å². The first kappa shape index (κ1) is 14.5. The zero-order chi connectivity index (χ0) is 13.8. The van der Waals surface area contributed by atoms with Crippen LogP contribution in [-0.4, -0.2) is 33.4 Å². The molecule has 1 aromatic carbocycles. The standard InChI is InChI=1S/C10H14N2O4S2/c1-15-8-4-3-7(5-9(8)16-2)12-18(13,14)6-10(11)17/h3-5,12H,6H2,1-2H3,(H2,11,17). The third-order valence-corrected chi connectivity index (χ3v) is 3.55. The second kappa shape index (κ2) is 5.87. The molecule has 0 heterocycles. The van der Waals surface area contributed by atoms with Gasteiger partial charge in [-0.3, -0.25) is 4.72 Å². The second-order valence-electron chi connectivity index (χ2n) is 3.40. The summed E-state index contributed by atoms with van der Waals surface area (Å²) in [5.41, 5.74) is 5.55. The number of rotatable bonds is 6. The minimum Gasteiger partial charge on any atom is -0.493 e. The Morgan fingerprint density at radius 1 is 1.33 bits per heavy atom. The lowest BCUT2D eigenvalue weighted by atomic mass is 10.3. The topological polar surface area (TPSA) is 90.7 Å². The Balaban J connectivity index is 2.95. The second-order valence-corrected chi connectivity index (χ2v) is 5.64. The van der Waals surface area contributed by atoms with Gasteiger partial charge >= 0.3 is 0 Å². The molecule has 0 saturated carbocycles. The molecule has 0 aromatic heterocycles. The summed E-state index contributed by atoms with van der Waals surface area (Å²) in [5, 5.41) is 0. The summed E-state index contributed by atoms with van der Waals surface area (Å²) in [4.78, 5) is -0.0945. The number of methoxy groups -OCH3 is 2. The quantitative estimate of drug-likeness (QED) is 0.751. The van der Waals surface area contributed by atoms with E-state index < -0.39 is 15.8 Å². The largest absolute Gasteiger partial charge is 0.493 e. The van der Waals surface area contributed by atoms with E-state index in [1.165, 1.54) is 20.3 Å². The minimum atomic E-state index is -3.59. The van der Waals surface area contributed by atoms with E-state index in [1.54, 1.807) is 12.1 Å². The number of benzene rings is 1. The zero-order valence-electron chi connectivity index (χ0n) is 9.97. The summed E-state index contributed by atoms with van der Waals surface area (Å²) < 4.78 is 35.7. The smallest absolute Gasteiger partial charge is 0.239 e. The van der Waals surface area contributed by atoms with E-state index in [-0.39, 0.29) is 4.99 Å². The van der Waals surface area contributed by atoms with Crippen LogP contribution in [0, 0.1) is 0 Å². The predicted molar refractivity (Wildman–Crippen MR) is 73.7 cm³/mol. The average Bonchev–Trinajstić information content (AvgIpc) is 2.26. The van der Waals surface area contributed by atoms with Crippen molar-refractivity contribution in [3.05, 3.63) is 18.2 Å². The Bertz CT molecular complexity index is 543. The summed E-state index contributed by atoms with van der Waals surface area (Å²) in [6.45, 7) is 0. The Hall–Kier alpha value is -1.54. The first-order chi connectivity index (χ1) is 8.38. The summed E-state index contributed by atoms with van der Waals surface area (Å²) in [6, 6.07) is 4.66. The summed E-state index contributed by atoms with van der Waals surface area (Å²) >= 11 is 4.56. The highest BCUT2D eigenvalue weighted by Crippen LogP contribution is 2.30. The molecule has 0 amide bonds. The number of hydrogen-bond donors (Lipinski definition) is 2. The van der Waals surface area contributed by atoms with Crippen LogP contribution in [0.4, 0.5) is 5.69 Å². The van der Waals surface area contributed by atoms with Gasteiger partial charge in [-0.25, -0.2) is 8.42 Å². The van der Waals surface area contributed by atoms with Gasteiger partial charge in [0.05, 0.1) is 24.9 Å². The number of nitrogens with two attached hydrogens (primary N) is 1. The Morgan fingerprint density at radius 3 is 2.44 bits per heavy atom. The molecular formula is C10H14N2O4S2. The van der Waals surface area contributed by atoms with Crippen LogP contribution < -0.4 is 19.9 Å². The monoisotopic (exact) mass is 290 g/mol. The molecule has 0 saturated heterocycles. The fourth-order valence-corrected chi connectivity index (χ4v) is 2.70.